The predicted octanol–water partition coefficient (Wildman–Crippen LogP) is 5.39. The average molecular weight is 519 g/mol. The molecular formula is C30H30O8. The van der Waals surface area contributed by atoms with E-state index < -0.39 is 36.0 Å². The summed E-state index contributed by atoms with van der Waals surface area (Å²) in [6.07, 6.45) is -0.431. The minimum Gasteiger partial charge on any atom is -0.512 e. The van der Waals surface area contributed by atoms with E-state index >= 15 is 0 Å². The molecule has 1 aliphatic rings. The van der Waals surface area contributed by atoms with Gasteiger partial charge in [-0.2, -0.15) is 0 Å². The molecule has 0 saturated heterocycles. The second-order valence-corrected chi connectivity index (χ2v) is 9.05. The number of aliphatic carboxylic acids is 1. The fourth-order valence-corrected chi connectivity index (χ4v) is 4.60. The number of aliphatic hydroxyl groups excluding tert-OH is 2. The second-order valence-electron chi connectivity index (χ2n) is 9.05. The van der Waals surface area contributed by atoms with Crippen molar-refractivity contribution in [1.29, 1.82) is 0 Å². The van der Waals surface area contributed by atoms with E-state index in [1.54, 1.807) is 24.3 Å². The van der Waals surface area contributed by atoms with E-state index in [9.17, 15) is 24.9 Å². The van der Waals surface area contributed by atoms with Crippen LogP contribution in [0.5, 0.6) is 17.2 Å². The lowest BCUT2D eigenvalue weighted by Gasteiger charge is -2.24. The predicted molar refractivity (Wildman–Crippen MR) is 139 cm³/mol. The zero-order valence-corrected chi connectivity index (χ0v) is 20.7. The van der Waals surface area contributed by atoms with E-state index in [1.165, 1.54) is 6.08 Å². The van der Waals surface area contributed by atoms with Gasteiger partial charge in [-0.05, 0) is 54.6 Å². The first-order valence-corrected chi connectivity index (χ1v) is 12.4. The molecule has 0 amide bonds. The van der Waals surface area contributed by atoms with Gasteiger partial charge in [-0.3, -0.25) is 4.79 Å². The third kappa shape index (κ3) is 7.14. The van der Waals surface area contributed by atoms with Crippen LogP contribution in [0.3, 0.4) is 0 Å². The monoisotopic (exact) mass is 518 g/mol. The fourth-order valence-electron chi connectivity index (χ4n) is 4.60. The molecule has 3 N–H and O–H groups in total. The van der Waals surface area contributed by atoms with Crippen molar-refractivity contribution in [3.05, 3.63) is 102 Å². The zero-order chi connectivity index (χ0) is 26.9. The normalized spacial score (nSPS) is 21.0. The first kappa shape index (κ1) is 26.8. The summed E-state index contributed by atoms with van der Waals surface area (Å²) < 4.78 is 17.1. The Bertz CT molecular complexity index is 1220. The largest absolute Gasteiger partial charge is 0.512 e. The van der Waals surface area contributed by atoms with Gasteiger partial charge in [0.15, 0.2) is 0 Å². The molecule has 38 heavy (non-hydrogen) atoms. The van der Waals surface area contributed by atoms with Crippen molar-refractivity contribution in [1.82, 2.24) is 0 Å². The molecule has 8 heteroatoms. The van der Waals surface area contributed by atoms with Crippen LogP contribution < -0.4 is 9.47 Å². The minimum atomic E-state index is -1.11. The average Bonchev–Trinajstić information content (AvgIpc) is 3.21. The Hall–Kier alpha value is -4.30. The van der Waals surface area contributed by atoms with E-state index in [0.29, 0.717) is 23.7 Å². The van der Waals surface area contributed by atoms with Crippen LogP contribution in [0.4, 0.5) is 0 Å². The van der Waals surface area contributed by atoms with E-state index in [4.69, 9.17) is 14.2 Å². The Morgan fingerprint density at radius 2 is 1.45 bits per heavy atom. The van der Waals surface area contributed by atoms with E-state index in [0.717, 1.165) is 0 Å². The molecule has 1 aliphatic carbocycles. The van der Waals surface area contributed by atoms with Crippen molar-refractivity contribution in [3.8, 4) is 17.2 Å². The Balaban J connectivity index is 1.42. The zero-order valence-electron chi connectivity index (χ0n) is 20.7. The smallest absolute Gasteiger partial charge is 0.338 e. The number of rotatable bonds is 11. The van der Waals surface area contributed by atoms with Gasteiger partial charge >= 0.3 is 11.9 Å². The van der Waals surface area contributed by atoms with Crippen LogP contribution in [-0.4, -0.2) is 46.1 Å². The van der Waals surface area contributed by atoms with Crippen molar-refractivity contribution in [3.63, 3.8) is 0 Å². The molecule has 4 atom stereocenters. The number of carboxylic acids is 1. The molecule has 198 valence electrons. The highest BCUT2D eigenvalue weighted by Gasteiger charge is 2.47. The number of carbonyl (C=O) groups is 2. The maximum atomic E-state index is 12.9. The summed E-state index contributed by atoms with van der Waals surface area (Å²) in [4.78, 5) is 24.4. The van der Waals surface area contributed by atoms with Crippen LogP contribution in [0.15, 0.2) is 96.8 Å². The van der Waals surface area contributed by atoms with Gasteiger partial charge < -0.3 is 29.5 Å². The Kier molecular flexibility index (Phi) is 9.00. The summed E-state index contributed by atoms with van der Waals surface area (Å²) >= 11 is 0. The molecule has 0 radical (unpaired) electrons. The Labute approximate surface area is 220 Å². The van der Waals surface area contributed by atoms with E-state index in [-0.39, 0.29) is 30.8 Å². The number of benzene rings is 3. The van der Waals surface area contributed by atoms with Crippen molar-refractivity contribution in [2.45, 2.75) is 31.5 Å². The third-order valence-corrected chi connectivity index (χ3v) is 6.39. The first-order chi connectivity index (χ1) is 18.4. The number of hydrogen-bond donors (Lipinski definition) is 3. The highest BCUT2D eigenvalue weighted by atomic mass is 16.5. The van der Waals surface area contributed by atoms with Crippen LogP contribution in [0.2, 0.25) is 0 Å². The first-order valence-electron chi connectivity index (χ1n) is 12.4. The van der Waals surface area contributed by atoms with Gasteiger partial charge in [0, 0.05) is 18.8 Å². The van der Waals surface area contributed by atoms with Crippen molar-refractivity contribution >= 4 is 11.9 Å². The van der Waals surface area contributed by atoms with Crippen LogP contribution in [-0.2, 0) is 9.53 Å². The molecule has 4 rings (SSSR count). The lowest BCUT2D eigenvalue weighted by Crippen LogP contribution is -2.29. The molecule has 3 aromatic rings. The standard InChI is InChI=1S/C30H30O8/c31-25(12-7-17-36-21-8-3-1-4-9-21)29-24(18-28(33)34)26(32)19-27(29)38-30(35)20-13-15-23(16-14-20)37-22-10-5-2-6-11-22/h1-6,8-16,24,26-27,29,31-32H,7,17-19H2,(H,33,34)/t24-,26-,27+,29-/m0/s1. The molecular weight excluding hydrogens is 488 g/mol. The molecule has 0 heterocycles. The van der Waals surface area contributed by atoms with Crippen LogP contribution >= 0.6 is 0 Å². The van der Waals surface area contributed by atoms with Gasteiger partial charge in [0.05, 0.1) is 36.4 Å². The SMILES string of the molecule is O=C(O)C[C@@H]1[C@@H](C(O)=CCCOc2ccccc2)[C@H](OC(=O)c2ccc(Oc3ccccc3)cc2)C[C@@H]1O. The number of aliphatic hydroxyl groups is 2. The van der Waals surface area contributed by atoms with Crippen molar-refractivity contribution in [2.24, 2.45) is 11.8 Å². The molecule has 0 spiro atoms. The van der Waals surface area contributed by atoms with Gasteiger partial charge in [0.1, 0.15) is 23.4 Å². The van der Waals surface area contributed by atoms with E-state index in [1.807, 2.05) is 60.7 Å². The fraction of sp³-hybridized carbons (Fsp3) is 0.267. The summed E-state index contributed by atoms with van der Waals surface area (Å²) in [5, 5.41) is 30.8. The van der Waals surface area contributed by atoms with Gasteiger partial charge in [0.25, 0.3) is 0 Å². The van der Waals surface area contributed by atoms with E-state index in [2.05, 4.69) is 0 Å². The topological polar surface area (TPSA) is 123 Å². The number of esters is 1. The second kappa shape index (κ2) is 12.8. The summed E-state index contributed by atoms with van der Waals surface area (Å²) in [5.74, 6) is -1.66. The van der Waals surface area contributed by atoms with Crippen LogP contribution in [0.1, 0.15) is 29.6 Å². The molecule has 1 saturated carbocycles. The highest BCUT2D eigenvalue weighted by Crippen LogP contribution is 2.41. The minimum absolute atomic E-state index is 0.0158. The molecule has 1 fully saturated rings. The molecule has 0 aliphatic heterocycles. The summed E-state index contributed by atoms with van der Waals surface area (Å²) in [7, 11) is 0. The highest BCUT2D eigenvalue weighted by molar-refractivity contribution is 5.89. The number of carbonyl (C=O) groups excluding carboxylic acids is 1. The molecule has 0 aromatic heterocycles. The summed E-state index contributed by atoms with van der Waals surface area (Å²) in [5.41, 5.74) is 0.264. The summed E-state index contributed by atoms with van der Waals surface area (Å²) in [6.45, 7) is 0.287. The van der Waals surface area contributed by atoms with Gasteiger partial charge in [-0.1, -0.05) is 36.4 Å². The van der Waals surface area contributed by atoms with Gasteiger partial charge in [-0.15, -0.1) is 0 Å². The third-order valence-electron chi connectivity index (χ3n) is 6.39. The maximum absolute atomic E-state index is 12.9. The molecule has 0 unspecified atom stereocenters. The Morgan fingerprint density at radius 1 is 0.842 bits per heavy atom. The number of hydrogen-bond acceptors (Lipinski definition) is 7. The van der Waals surface area contributed by atoms with Crippen LogP contribution in [0, 0.1) is 11.8 Å². The van der Waals surface area contributed by atoms with Crippen molar-refractivity contribution < 1.29 is 39.1 Å². The lowest BCUT2D eigenvalue weighted by atomic mass is 9.88. The van der Waals surface area contributed by atoms with Crippen LogP contribution in [0.25, 0.3) is 0 Å². The summed E-state index contributed by atoms with van der Waals surface area (Å²) in [6, 6.07) is 24.8. The lowest BCUT2D eigenvalue weighted by molar-refractivity contribution is -0.139. The quantitative estimate of drug-likeness (QED) is 0.176. The Morgan fingerprint density at radius 3 is 2.08 bits per heavy atom. The molecule has 8 nitrogen and oxygen atoms in total. The maximum Gasteiger partial charge on any atom is 0.338 e. The van der Waals surface area contributed by atoms with Gasteiger partial charge in [0.2, 0.25) is 0 Å². The number of ether oxygens (including phenoxy) is 3. The van der Waals surface area contributed by atoms with Gasteiger partial charge in [-0.25, -0.2) is 4.79 Å². The molecule has 0 bridgehead atoms. The van der Waals surface area contributed by atoms with Crippen molar-refractivity contribution in [2.75, 3.05) is 6.61 Å². The molecule has 3 aromatic carbocycles. The number of carboxylic acid groups (broad SMARTS) is 1. The number of para-hydroxylation sites is 2.